The lowest BCUT2D eigenvalue weighted by Crippen LogP contribution is -1.99. The van der Waals surface area contributed by atoms with Gasteiger partial charge in [-0.15, -0.1) is 11.3 Å². The number of aryl methyl sites for hydroxylation is 1. The number of benzene rings is 1. The van der Waals surface area contributed by atoms with Crippen LogP contribution in [0.25, 0.3) is 0 Å². The Balaban J connectivity index is 2.37. The molecular weight excluding hydrogens is 230 g/mol. The SMILES string of the molecule is Cc1cc(C(O)c2cc(F)cc(F)c2)cs1. The molecule has 0 saturated heterocycles. The van der Waals surface area contributed by atoms with Gasteiger partial charge in [0.25, 0.3) is 0 Å². The van der Waals surface area contributed by atoms with Crippen molar-refractivity contribution in [1.82, 2.24) is 0 Å². The quantitative estimate of drug-likeness (QED) is 0.852. The predicted molar refractivity (Wildman–Crippen MR) is 59.5 cm³/mol. The number of rotatable bonds is 2. The van der Waals surface area contributed by atoms with Gasteiger partial charge in [0.1, 0.15) is 17.7 Å². The Bertz CT molecular complexity index is 487. The van der Waals surface area contributed by atoms with Crippen LogP contribution in [0.1, 0.15) is 22.1 Å². The first-order valence-corrected chi connectivity index (χ1v) is 5.63. The number of hydrogen-bond acceptors (Lipinski definition) is 2. The topological polar surface area (TPSA) is 20.2 Å². The zero-order valence-corrected chi connectivity index (χ0v) is 9.39. The lowest BCUT2D eigenvalue weighted by molar-refractivity contribution is 0.219. The Morgan fingerprint density at radius 1 is 1.06 bits per heavy atom. The molecular formula is C12H10F2OS. The summed E-state index contributed by atoms with van der Waals surface area (Å²) in [5.74, 6) is -1.36. The summed E-state index contributed by atoms with van der Waals surface area (Å²) in [5.41, 5.74) is 0.891. The molecule has 4 heteroatoms. The molecule has 16 heavy (non-hydrogen) atoms. The predicted octanol–water partition coefficient (Wildman–Crippen LogP) is 3.42. The van der Waals surface area contributed by atoms with Crippen LogP contribution in [0.2, 0.25) is 0 Å². The van der Waals surface area contributed by atoms with Crippen molar-refractivity contribution in [2.75, 3.05) is 0 Å². The van der Waals surface area contributed by atoms with Crippen LogP contribution in [-0.4, -0.2) is 5.11 Å². The number of halogens is 2. The fourth-order valence-corrected chi connectivity index (χ4v) is 2.26. The van der Waals surface area contributed by atoms with Crippen molar-refractivity contribution in [1.29, 1.82) is 0 Å². The third-order valence-corrected chi connectivity index (χ3v) is 3.15. The molecule has 1 aromatic carbocycles. The third kappa shape index (κ3) is 2.28. The molecule has 0 bridgehead atoms. The van der Waals surface area contributed by atoms with Crippen LogP contribution in [-0.2, 0) is 0 Å². The van der Waals surface area contributed by atoms with Gasteiger partial charge in [-0.2, -0.15) is 0 Å². The Morgan fingerprint density at radius 3 is 2.19 bits per heavy atom. The van der Waals surface area contributed by atoms with Crippen molar-refractivity contribution in [3.05, 3.63) is 57.3 Å². The van der Waals surface area contributed by atoms with Crippen molar-refractivity contribution in [3.63, 3.8) is 0 Å². The van der Waals surface area contributed by atoms with E-state index in [4.69, 9.17) is 0 Å². The normalized spacial score (nSPS) is 12.8. The summed E-state index contributed by atoms with van der Waals surface area (Å²) in [7, 11) is 0. The molecule has 1 unspecified atom stereocenters. The molecule has 0 aliphatic rings. The molecule has 0 spiro atoms. The van der Waals surface area contributed by atoms with Crippen LogP contribution in [0.4, 0.5) is 8.78 Å². The Morgan fingerprint density at radius 2 is 1.69 bits per heavy atom. The summed E-state index contributed by atoms with van der Waals surface area (Å²) >= 11 is 1.49. The monoisotopic (exact) mass is 240 g/mol. The molecule has 1 aromatic heterocycles. The van der Waals surface area contributed by atoms with Crippen LogP contribution in [0.5, 0.6) is 0 Å². The van der Waals surface area contributed by atoms with Crippen LogP contribution in [0.3, 0.4) is 0 Å². The molecule has 0 aliphatic carbocycles. The van der Waals surface area contributed by atoms with Gasteiger partial charge < -0.3 is 5.11 Å². The van der Waals surface area contributed by atoms with Gasteiger partial charge in [0.2, 0.25) is 0 Å². The second kappa shape index (κ2) is 4.31. The van der Waals surface area contributed by atoms with Crippen LogP contribution >= 0.6 is 11.3 Å². The molecule has 2 aromatic rings. The zero-order valence-electron chi connectivity index (χ0n) is 8.58. The highest BCUT2D eigenvalue weighted by Crippen LogP contribution is 2.26. The van der Waals surface area contributed by atoms with Crippen molar-refractivity contribution in [2.45, 2.75) is 13.0 Å². The summed E-state index contributed by atoms with van der Waals surface area (Å²) in [6, 6.07) is 4.87. The van der Waals surface area contributed by atoms with Gasteiger partial charge in [0.15, 0.2) is 0 Å². The molecule has 1 N–H and O–H groups in total. The number of thiophene rings is 1. The van der Waals surface area contributed by atoms with E-state index < -0.39 is 17.7 Å². The van der Waals surface area contributed by atoms with Gasteiger partial charge in [0, 0.05) is 10.9 Å². The van der Waals surface area contributed by atoms with Gasteiger partial charge in [-0.25, -0.2) is 8.78 Å². The van der Waals surface area contributed by atoms with Gasteiger partial charge >= 0.3 is 0 Å². The standard InChI is InChI=1S/C12H10F2OS/c1-7-2-9(6-16-7)12(15)8-3-10(13)5-11(14)4-8/h2-6,12,15H,1H3. The average molecular weight is 240 g/mol. The van der Waals surface area contributed by atoms with Crippen molar-refractivity contribution < 1.29 is 13.9 Å². The minimum Gasteiger partial charge on any atom is -0.384 e. The Hall–Kier alpha value is -1.26. The van der Waals surface area contributed by atoms with E-state index in [0.717, 1.165) is 23.1 Å². The molecule has 0 radical (unpaired) electrons. The lowest BCUT2D eigenvalue weighted by atomic mass is 10.0. The van der Waals surface area contributed by atoms with Crippen molar-refractivity contribution in [3.8, 4) is 0 Å². The molecule has 1 heterocycles. The van der Waals surface area contributed by atoms with Crippen LogP contribution in [0.15, 0.2) is 29.6 Å². The summed E-state index contributed by atoms with van der Waals surface area (Å²) in [6.07, 6.45) is -0.977. The lowest BCUT2D eigenvalue weighted by Gasteiger charge is -2.09. The number of hydrogen-bond donors (Lipinski definition) is 1. The fourth-order valence-electron chi connectivity index (χ4n) is 1.53. The molecule has 84 valence electrons. The van der Waals surface area contributed by atoms with Gasteiger partial charge in [0.05, 0.1) is 0 Å². The van der Waals surface area contributed by atoms with E-state index in [9.17, 15) is 13.9 Å². The minimum absolute atomic E-state index is 0.232. The highest BCUT2D eigenvalue weighted by atomic mass is 32.1. The van der Waals surface area contributed by atoms with Crippen LogP contribution in [0, 0.1) is 18.6 Å². The molecule has 0 fully saturated rings. The first-order chi connectivity index (χ1) is 7.56. The van der Waals surface area contributed by atoms with E-state index in [2.05, 4.69) is 0 Å². The summed E-state index contributed by atoms with van der Waals surface area (Å²) in [5, 5.41) is 11.7. The molecule has 1 atom stereocenters. The maximum Gasteiger partial charge on any atom is 0.126 e. The van der Waals surface area contributed by atoms with Crippen molar-refractivity contribution >= 4 is 11.3 Å². The molecule has 0 amide bonds. The Labute approximate surface area is 96.0 Å². The zero-order chi connectivity index (χ0) is 11.7. The van der Waals surface area contributed by atoms with Gasteiger partial charge in [-0.1, -0.05) is 0 Å². The highest BCUT2D eigenvalue weighted by Gasteiger charge is 2.13. The van der Waals surface area contributed by atoms with E-state index in [1.54, 1.807) is 11.4 Å². The molecule has 0 saturated carbocycles. The average Bonchev–Trinajstić information content (AvgIpc) is 2.62. The van der Waals surface area contributed by atoms with E-state index in [1.807, 2.05) is 6.92 Å². The molecule has 2 rings (SSSR count). The first-order valence-electron chi connectivity index (χ1n) is 4.75. The second-order valence-corrected chi connectivity index (χ2v) is 4.71. The van der Waals surface area contributed by atoms with E-state index >= 15 is 0 Å². The summed E-state index contributed by atoms with van der Waals surface area (Å²) in [6.45, 7) is 1.91. The number of aliphatic hydroxyl groups is 1. The maximum absolute atomic E-state index is 13.0. The molecule has 0 aliphatic heterocycles. The van der Waals surface area contributed by atoms with Crippen molar-refractivity contribution in [2.24, 2.45) is 0 Å². The Kier molecular flexibility index (Phi) is 3.03. The third-order valence-electron chi connectivity index (χ3n) is 2.27. The van der Waals surface area contributed by atoms with Gasteiger partial charge in [-0.05, 0) is 41.6 Å². The largest absolute Gasteiger partial charge is 0.384 e. The maximum atomic E-state index is 13.0. The molecule has 1 nitrogen and oxygen atoms in total. The van der Waals surface area contributed by atoms with Gasteiger partial charge in [-0.3, -0.25) is 0 Å². The van der Waals surface area contributed by atoms with E-state index in [-0.39, 0.29) is 5.56 Å². The van der Waals surface area contributed by atoms with E-state index in [1.165, 1.54) is 11.3 Å². The van der Waals surface area contributed by atoms with Crippen LogP contribution < -0.4 is 0 Å². The number of aliphatic hydroxyl groups excluding tert-OH is 1. The second-order valence-electron chi connectivity index (χ2n) is 3.60. The first kappa shape index (κ1) is 11.2. The summed E-state index contributed by atoms with van der Waals surface area (Å²) < 4.78 is 25.9. The minimum atomic E-state index is -0.977. The summed E-state index contributed by atoms with van der Waals surface area (Å²) in [4.78, 5) is 1.05. The fraction of sp³-hybridized carbons (Fsp3) is 0.167. The van der Waals surface area contributed by atoms with E-state index in [0.29, 0.717) is 5.56 Å². The smallest absolute Gasteiger partial charge is 0.126 e. The highest BCUT2D eigenvalue weighted by molar-refractivity contribution is 7.10.